The molecule has 4 heteroatoms. The molecule has 1 aliphatic rings. The minimum absolute atomic E-state index is 0.0628. The first-order valence-electron chi connectivity index (χ1n) is 8.90. The van der Waals surface area contributed by atoms with E-state index >= 15 is 0 Å². The van der Waals surface area contributed by atoms with Crippen LogP contribution < -0.4 is 10.2 Å². The molecule has 2 aromatic rings. The van der Waals surface area contributed by atoms with Gasteiger partial charge in [0.15, 0.2) is 0 Å². The first-order valence-corrected chi connectivity index (χ1v) is 8.90. The highest BCUT2D eigenvalue weighted by Gasteiger charge is 2.41. The lowest BCUT2D eigenvalue weighted by Crippen LogP contribution is -2.29. The number of carbonyl (C=O) groups is 2. The molecule has 25 heavy (non-hydrogen) atoms. The van der Waals surface area contributed by atoms with E-state index in [-0.39, 0.29) is 30.1 Å². The molecule has 0 aromatic heterocycles. The van der Waals surface area contributed by atoms with E-state index in [0.29, 0.717) is 6.54 Å². The van der Waals surface area contributed by atoms with E-state index in [1.807, 2.05) is 65.6 Å². The Morgan fingerprint density at radius 2 is 1.72 bits per heavy atom. The Balaban J connectivity index is 1.71. The molecule has 1 fully saturated rings. The largest absolute Gasteiger partial charge is 0.326 e. The molecule has 2 aromatic carbocycles. The first kappa shape index (κ1) is 17.2. The molecule has 0 unspecified atom stereocenters. The second kappa shape index (κ2) is 7.97. The fourth-order valence-corrected chi connectivity index (χ4v) is 3.54. The number of nitrogens with zero attached hydrogens (tertiary/aromatic N) is 1. The van der Waals surface area contributed by atoms with Gasteiger partial charge in [-0.15, -0.1) is 0 Å². The van der Waals surface area contributed by atoms with Crippen molar-refractivity contribution in [1.29, 1.82) is 0 Å². The van der Waals surface area contributed by atoms with Crippen LogP contribution in [-0.4, -0.2) is 18.4 Å². The van der Waals surface area contributed by atoms with Crippen LogP contribution in [0.1, 0.15) is 26.2 Å². The number of anilines is 2. The van der Waals surface area contributed by atoms with E-state index in [9.17, 15) is 9.59 Å². The van der Waals surface area contributed by atoms with Crippen LogP contribution in [0.4, 0.5) is 11.4 Å². The zero-order chi connectivity index (χ0) is 17.6. The van der Waals surface area contributed by atoms with Gasteiger partial charge in [0.25, 0.3) is 0 Å². The number of amides is 2. The SMILES string of the molecule is CCC[C@H]1CN(c2ccccc2)C(=O)[C@@H]1CC(=O)Nc1ccccc1. The zero-order valence-electron chi connectivity index (χ0n) is 14.5. The average molecular weight is 336 g/mol. The summed E-state index contributed by atoms with van der Waals surface area (Å²) in [6.45, 7) is 2.82. The maximum absolute atomic E-state index is 12.9. The van der Waals surface area contributed by atoms with E-state index in [4.69, 9.17) is 0 Å². The third-order valence-electron chi connectivity index (χ3n) is 4.76. The first-order chi connectivity index (χ1) is 12.2. The minimum Gasteiger partial charge on any atom is -0.326 e. The van der Waals surface area contributed by atoms with Crippen molar-refractivity contribution in [2.45, 2.75) is 26.2 Å². The molecular formula is C21H24N2O2. The predicted molar refractivity (Wildman–Crippen MR) is 100 cm³/mol. The van der Waals surface area contributed by atoms with Crippen LogP contribution in [0, 0.1) is 11.8 Å². The van der Waals surface area contributed by atoms with Gasteiger partial charge in [0.2, 0.25) is 11.8 Å². The van der Waals surface area contributed by atoms with Crippen molar-refractivity contribution in [2.24, 2.45) is 11.8 Å². The maximum atomic E-state index is 12.9. The summed E-state index contributed by atoms with van der Waals surface area (Å²) < 4.78 is 0. The third kappa shape index (κ3) is 4.08. The topological polar surface area (TPSA) is 49.4 Å². The minimum atomic E-state index is -0.246. The van der Waals surface area contributed by atoms with Gasteiger partial charge in [-0.2, -0.15) is 0 Å². The smallest absolute Gasteiger partial charge is 0.230 e. The molecule has 2 atom stereocenters. The fourth-order valence-electron chi connectivity index (χ4n) is 3.54. The van der Waals surface area contributed by atoms with Crippen LogP contribution in [0.2, 0.25) is 0 Å². The predicted octanol–water partition coefficient (Wildman–Crippen LogP) is 4.09. The maximum Gasteiger partial charge on any atom is 0.230 e. The molecule has 1 N–H and O–H groups in total. The molecule has 0 saturated carbocycles. The van der Waals surface area contributed by atoms with Gasteiger partial charge in [0.05, 0.1) is 5.92 Å². The summed E-state index contributed by atoms with van der Waals surface area (Å²) >= 11 is 0. The molecule has 130 valence electrons. The van der Waals surface area contributed by atoms with Gasteiger partial charge in [-0.25, -0.2) is 0 Å². The molecule has 0 aliphatic carbocycles. The summed E-state index contributed by atoms with van der Waals surface area (Å²) in [6.07, 6.45) is 2.21. The highest BCUT2D eigenvalue weighted by molar-refractivity contribution is 6.01. The lowest BCUT2D eigenvalue weighted by molar-refractivity contribution is -0.125. The van der Waals surface area contributed by atoms with Gasteiger partial charge in [0, 0.05) is 24.3 Å². The van der Waals surface area contributed by atoms with E-state index in [1.54, 1.807) is 0 Å². The van der Waals surface area contributed by atoms with Crippen molar-refractivity contribution in [3.05, 3.63) is 60.7 Å². The number of carbonyl (C=O) groups excluding carboxylic acids is 2. The Hall–Kier alpha value is -2.62. The van der Waals surface area contributed by atoms with E-state index in [2.05, 4.69) is 12.2 Å². The quantitative estimate of drug-likeness (QED) is 0.863. The normalized spacial score (nSPS) is 19.9. The highest BCUT2D eigenvalue weighted by Crippen LogP contribution is 2.34. The number of nitrogens with one attached hydrogen (secondary N) is 1. The molecule has 4 nitrogen and oxygen atoms in total. The fraction of sp³-hybridized carbons (Fsp3) is 0.333. The van der Waals surface area contributed by atoms with Gasteiger partial charge in [-0.3, -0.25) is 9.59 Å². The molecule has 0 radical (unpaired) electrons. The lowest BCUT2D eigenvalue weighted by Gasteiger charge is -2.16. The van der Waals surface area contributed by atoms with E-state index in [1.165, 1.54) is 0 Å². The van der Waals surface area contributed by atoms with Crippen molar-refractivity contribution in [1.82, 2.24) is 0 Å². The Morgan fingerprint density at radius 3 is 2.36 bits per heavy atom. The number of benzene rings is 2. The molecule has 0 bridgehead atoms. The Kier molecular flexibility index (Phi) is 5.49. The van der Waals surface area contributed by atoms with E-state index < -0.39 is 0 Å². The summed E-state index contributed by atoms with van der Waals surface area (Å²) in [7, 11) is 0. The molecular weight excluding hydrogens is 312 g/mol. The van der Waals surface area contributed by atoms with Crippen LogP contribution in [-0.2, 0) is 9.59 Å². The number of para-hydroxylation sites is 2. The molecule has 1 aliphatic heterocycles. The number of rotatable bonds is 6. The summed E-state index contributed by atoms with van der Waals surface area (Å²) in [4.78, 5) is 27.2. The van der Waals surface area contributed by atoms with Gasteiger partial charge in [-0.1, -0.05) is 49.7 Å². The van der Waals surface area contributed by atoms with Crippen LogP contribution in [0.25, 0.3) is 0 Å². The van der Waals surface area contributed by atoms with Crippen molar-refractivity contribution < 1.29 is 9.59 Å². The number of hydrogen-bond donors (Lipinski definition) is 1. The molecule has 2 amide bonds. The average Bonchev–Trinajstić information content (AvgIpc) is 2.93. The Bertz CT molecular complexity index is 715. The Morgan fingerprint density at radius 1 is 1.08 bits per heavy atom. The second-order valence-corrected chi connectivity index (χ2v) is 6.56. The van der Waals surface area contributed by atoms with Crippen molar-refractivity contribution >= 4 is 23.2 Å². The van der Waals surface area contributed by atoms with Gasteiger partial charge in [0.1, 0.15) is 0 Å². The highest BCUT2D eigenvalue weighted by atomic mass is 16.2. The van der Waals surface area contributed by atoms with Crippen LogP contribution in [0.3, 0.4) is 0 Å². The van der Waals surface area contributed by atoms with Crippen molar-refractivity contribution in [3.63, 3.8) is 0 Å². The second-order valence-electron chi connectivity index (χ2n) is 6.56. The van der Waals surface area contributed by atoms with Crippen molar-refractivity contribution in [2.75, 3.05) is 16.8 Å². The monoisotopic (exact) mass is 336 g/mol. The van der Waals surface area contributed by atoms with Gasteiger partial charge >= 0.3 is 0 Å². The standard InChI is InChI=1S/C21H24N2O2/c1-2-9-16-15-23(18-12-7-4-8-13-18)21(25)19(16)14-20(24)22-17-10-5-3-6-11-17/h3-8,10-13,16,19H,2,9,14-15H2,1H3,(H,22,24)/t16-,19+/m0/s1. The van der Waals surface area contributed by atoms with Crippen LogP contribution in [0.5, 0.6) is 0 Å². The summed E-state index contributed by atoms with van der Waals surface area (Å²) in [5.41, 5.74) is 1.68. The summed E-state index contributed by atoms with van der Waals surface area (Å²) in [5, 5.41) is 2.90. The van der Waals surface area contributed by atoms with Crippen LogP contribution >= 0.6 is 0 Å². The summed E-state index contributed by atoms with van der Waals surface area (Å²) in [6, 6.07) is 19.1. The number of hydrogen-bond acceptors (Lipinski definition) is 2. The summed E-state index contributed by atoms with van der Waals surface area (Å²) in [5.74, 6) is -0.0588. The lowest BCUT2D eigenvalue weighted by atomic mass is 9.88. The molecule has 1 saturated heterocycles. The third-order valence-corrected chi connectivity index (χ3v) is 4.76. The Labute approximate surface area is 148 Å². The van der Waals surface area contributed by atoms with Crippen LogP contribution in [0.15, 0.2) is 60.7 Å². The molecule has 3 rings (SSSR count). The molecule has 0 spiro atoms. The van der Waals surface area contributed by atoms with E-state index in [0.717, 1.165) is 24.2 Å². The zero-order valence-corrected chi connectivity index (χ0v) is 14.5. The van der Waals surface area contributed by atoms with Crippen molar-refractivity contribution in [3.8, 4) is 0 Å². The van der Waals surface area contributed by atoms with Gasteiger partial charge in [-0.05, 0) is 36.6 Å². The molecule has 1 heterocycles. The van der Waals surface area contributed by atoms with Gasteiger partial charge < -0.3 is 10.2 Å².